The number of nitrogens with zero attached hydrogens (tertiary/aromatic N) is 2. The van der Waals surface area contributed by atoms with Crippen molar-refractivity contribution in [3.63, 3.8) is 0 Å². The fourth-order valence-corrected chi connectivity index (χ4v) is 3.32. The molecule has 0 aliphatic carbocycles. The first-order chi connectivity index (χ1) is 14.8. The van der Waals surface area contributed by atoms with Crippen LogP contribution in [0.5, 0.6) is 5.75 Å². The second-order valence-corrected chi connectivity index (χ2v) is 7.44. The SMILES string of the molecule is NC(=O)c1cc(Cl)ccc1OCC(=O)N1CCN(CC(=O)Nc2ccc(F)cc2)CC1. The van der Waals surface area contributed by atoms with Crippen LogP contribution in [0.4, 0.5) is 10.1 Å². The second-order valence-electron chi connectivity index (χ2n) is 7.01. The molecule has 31 heavy (non-hydrogen) atoms. The van der Waals surface area contributed by atoms with Crippen LogP contribution in [0.3, 0.4) is 0 Å². The summed E-state index contributed by atoms with van der Waals surface area (Å²) in [5.41, 5.74) is 5.95. The van der Waals surface area contributed by atoms with Gasteiger partial charge in [0, 0.05) is 36.9 Å². The fourth-order valence-electron chi connectivity index (χ4n) is 3.14. The van der Waals surface area contributed by atoms with Crippen LogP contribution in [0.2, 0.25) is 5.02 Å². The van der Waals surface area contributed by atoms with E-state index in [4.69, 9.17) is 22.1 Å². The molecule has 1 fully saturated rings. The summed E-state index contributed by atoms with van der Waals surface area (Å²) >= 11 is 5.86. The van der Waals surface area contributed by atoms with Gasteiger partial charge in [0.25, 0.3) is 11.8 Å². The molecular weight excluding hydrogens is 427 g/mol. The van der Waals surface area contributed by atoms with Gasteiger partial charge >= 0.3 is 0 Å². The van der Waals surface area contributed by atoms with Crippen LogP contribution in [0, 0.1) is 5.82 Å². The van der Waals surface area contributed by atoms with Gasteiger partial charge in [-0.1, -0.05) is 11.6 Å². The molecule has 0 saturated carbocycles. The Labute approximate surface area is 183 Å². The Hall–Kier alpha value is -3.17. The lowest BCUT2D eigenvalue weighted by molar-refractivity contribution is -0.135. The highest BCUT2D eigenvalue weighted by Gasteiger charge is 2.23. The third-order valence-electron chi connectivity index (χ3n) is 4.78. The van der Waals surface area contributed by atoms with Crippen molar-refractivity contribution in [3.05, 3.63) is 58.9 Å². The Morgan fingerprint density at radius 2 is 1.74 bits per heavy atom. The van der Waals surface area contributed by atoms with Crippen LogP contribution in [0.25, 0.3) is 0 Å². The third kappa shape index (κ3) is 6.40. The molecule has 0 atom stereocenters. The van der Waals surface area contributed by atoms with Crippen LogP contribution in [-0.2, 0) is 9.59 Å². The molecule has 1 aliphatic rings. The predicted molar refractivity (Wildman–Crippen MR) is 114 cm³/mol. The van der Waals surface area contributed by atoms with Gasteiger partial charge in [0.2, 0.25) is 5.91 Å². The van der Waals surface area contributed by atoms with E-state index in [-0.39, 0.29) is 42.1 Å². The number of anilines is 1. The summed E-state index contributed by atoms with van der Waals surface area (Å²) in [4.78, 5) is 39.7. The number of carbonyl (C=O) groups is 3. The van der Waals surface area contributed by atoms with Gasteiger partial charge in [-0.05, 0) is 42.5 Å². The number of hydrogen-bond donors (Lipinski definition) is 2. The number of benzene rings is 2. The maximum Gasteiger partial charge on any atom is 0.260 e. The molecule has 2 aromatic carbocycles. The van der Waals surface area contributed by atoms with E-state index in [0.29, 0.717) is 36.9 Å². The molecule has 0 bridgehead atoms. The van der Waals surface area contributed by atoms with Crippen LogP contribution in [0.1, 0.15) is 10.4 Å². The number of primary amides is 1. The number of hydrogen-bond acceptors (Lipinski definition) is 5. The summed E-state index contributed by atoms with van der Waals surface area (Å²) in [6, 6.07) is 9.97. The van der Waals surface area contributed by atoms with Crippen LogP contribution in [0.15, 0.2) is 42.5 Å². The van der Waals surface area contributed by atoms with E-state index in [0.717, 1.165) is 0 Å². The van der Waals surface area contributed by atoms with Crippen molar-refractivity contribution in [2.75, 3.05) is 44.6 Å². The zero-order valence-corrected chi connectivity index (χ0v) is 17.4. The molecule has 3 rings (SSSR count). The molecule has 3 N–H and O–H groups in total. The molecule has 0 unspecified atom stereocenters. The minimum absolute atomic E-state index is 0.109. The molecule has 0 radical (unpaired) electrons. The molecule has 1 saturated heterocycles. The van der Waals surface area contributed by atoms with Crippen molar-refractivity contribution in [1.29, 1.82) is 0 Å². The van der Waals surface area contributed by atoms with Gasteiger partial charge in [-0.3, -0.25) is 19.3 Å². The Kier molecular flexibility index (Phi) is 7.43. The Morgan fingerprint density at radius 3 is 2.39 bits per heavy atom. The van der Waals surface area contributed by atoms with Gasteiger partial charge in [0.15, 0.2) is 6.61 Å². The smallest absolute Gasteiger partial charge is 0.260 e. The summed E-state index contributed by atoms with van der Waals surface area (Å²) in [6.07, 6.45) is 0. The standard InChI is InChI=1S/C21H22ClFN4O4/c22-14-1-6-18(17(11-14)21(24)30)31-13-20(29)27-9-7-26(8-10-27)12-19(28)25-16-4-2-15(23)3-5-16/h1-6,11H,7-10,12-13H2,(H2,24,30)(H,25,28). The minimum atomic E-state index is -0.697. The van der Waals surface area contributed by atoms with Crippen LogP contribution >= 0.6 is 11.6 Å². The minimum Gasteiger partial charge on any atom is -0.483 e. The number of ether oxygens (including phenoxy) is 1. The van der Waals surface area contributed by atoms with Crippen LogP contribution < -0.4 is 15.8 Å². The molecular formula is C21H22ClFN4O4. The van der Waals surface area contributed by atoms with E-state index < -0.39 is 5.91 Å². The summed E-state index contributed by atoms with van der Waals surface area (Å²) in [7, 11) is 0. The van der Waals surface area contributed by atoms with Gasteiger partial charge < -0.3 is 20.7 Å². The van der Waals surface area contributed by atoms with Gasteiger partial charge in [0.05, 0.1) is 12.1 Å². The second kappa shape index (κ2) is 10.2. The van der Waals surface area contributed by atoms with E-state index in [2.05, 4.69) is 5.32 Å². The van der Waals surface area contributed by atoms with E-state index >= 15 is 0 Å². The zero-order valence-electron chi connectivity index (χ0n) is 16.6. The molecule has 0 spiro atoms. The molecule has 0 aromatic heterocycles. The van der Waals surface area contributed by atoms with Crippen molar-refractivity contribution in [1.82, 2.24) is 9.80 Å². The lowest BCUT2D eigenvalue weighted by Crippen LogP contribution is -2.51. The molecule has 2 aromatic rings. The molecule has 8 nitrogen and oxygen atoms in total. The molecule has 164 valence electrons. The van der Waals surface area contributed by atoms with E-state index in [1.807, 2.05) is 4.90 Å². The average Bonchev–Trinajstić information content (AvgIpc) is 2.74. The number of nitrogens with one attached hydrogen (secondary N) is 1. The van der Waals surface area contributed by atoms with Gasteiger partial charge in [-0.25, -0.2) is 4.39 Å². The number of carbonyl (C=O) groups excluding carboxylic acids is 3. The molecule has 1 heterocycles. The summed E-state index contributed by atoms with van der Waals surface area (Å²) in [5, 5.41) is 3.05. The average molecular weight is 449 g/mol. The van der Waals surface area contributed by atoms with Gasteiger partial charge in [0.1, 0.15) is 11.6 Å². The Morgan fingerprint density at radius 1 is 1.06 bits per heavy atom. The number of amides is 3. The first-order valence-corrected chi connectivity index (χ1v) is 9.97. The monoisotopic (exact) mass is 448 g/mol. The first kappa shape index (κ1) is 22.5. The molecule has 1 aliphatic heterocycles. The predicted octanol–water partition coefficient (Wildman–Crippen LogP) is 1.74. The number of rotatable bonds is 7. The molecule has 10 heteroatoms. The van der Waals surface area contributed by atoms with Crippen molar-refractivity contribution in [2.45, 2.75) is 0 Å². The maximum absolute atomic E-state index is 12.9. The summed E-state index contributed by atoms with van der Waals surface area (Å²) < 4.78 is 18.4. The van der Waals surface area contributed by atoms with Crippen molar-refractivity contribution < 1.29 is 23.5 Å². The van der Waals surface area contributed by atoms with Gasteiger partial charge in [-0.15, -0.1) is 0 Å². The van der Waals surface area contributed by atoms with Crippen molar-refractivity contribution in [3.8, 4) is 5.75 Å². The number of piperazine rings is 1. The normalized spacial score (nSPS) is 14.2. The van der Waals surface area contributed by atoms with Crippen molar-refractivity contribution in [2.24, 2.45) is 5.73 Å². The third-order valence-corrected chi connectivity index (χ3v) is 5.01. The summed E-state index contributed by atoms with van der Waals surface area (Å²) in [6.45, 7) is 1.85. The molecule has 3 amide bonds. The van der Waals surface area contributed by atoms with Gasteiger partial charge in [-0.2, -0.15) is 0 Å². The van der Waals surface area contributed by atoms with Crippen molar-refractivity contribution >= 4 is 35.0 Å². The Bertz CT molecular complexity index is 962. The van der Waals surface area contributed by atoms with Crippen LogP contribution in [-0.4, -0.2) is 66.9 Å². The van der Waals surface area contributed by atoms with E-state index in [9.17, 15) is 18.8 Å². The number of halogens is 2. The highest BCUT2D eigenvalue weighted by atomic mass is 35.5. The first-order valence-electron chi connectivity index (χ1n) is 9.59. The quantitative estimate of drug-likeness (QED) is 0.671. The largest absolute Gasteiger partial charge is 0.483 e. The maximum atomic E-state index is 12.9. The Balaban J connectivity index is 1.44. The number of nitrogens with two attached hydrogens (primary N) is 1. The topological polar surface area (TPSA) is 105 Å². The summed E-state index contributed by atoms with van der Waals surface area (Å²) in [5.74, 6) is -1.32. The van der Waals surface area contributed by atoms with E-state index in [1.54, 1.807) is 11.0 Å². The lowest BCUT2D eigenvalue weighted by Gasteiger charge is -2.34. The fraction of sp³-hybridized carbons (Fsp3) is 0.286. The lowest BCUT2D eigenvalue weighted by atomic mass is 10.2. The zero-order chi connectivity index (χ0) is 22.4. The van der Waals surface area contributed by atoms with E-state index in [1.165, 1.54) is 36.4 Å². The highest BCUT2D eigenvalue weighted by Crippen LogP contribution is 2.22. The highest BCUT2D eigenvalue weighted by molar-refractivity contribution is 6.31.